The Balaban J connectivity index is 1.53. The van der Waals surface area contributed by atoms with Crippen LogP contribution in [0.3, 0.4) is 0 Å². The van der Waals surface area contributed by atoms with Gasteiger partial charge in [0.05, 0.1) is 12.2 Å². The molecule has 0 spiro atoms. The second-order valence-corrected chi connectivity index (χ2v) is 6.25. The fraction of sp³-hybridized carbons (Fsp3) is 0.562. The summed E-state index contributed by atoms with van der Waals surface area (Å²) in [6.07, 6.45) is 6.13. The zero-order valence-electron chi connectivity index (χ0n) is 13.8. The van der Waals surface area contributed by atoms with E-state index in [1.807, 2.05) is 24.9 Å². The topological polar surface area (TPSA) is 76.2 Å². The maximum Gasteiger partial charge on any atom is 0.242 e. The second-order valence-electron chi connectivity index (χ2n) is 6.25. The second kappa shape index (κ2) is 6.54. The highest BCUT2D eigenvalue weighted by molar-refractivity contribution is 5.93. The fourth-order valence-electron chi connectivity index (χ4n) is 3.09. The highest BCUT2D eigenvalue weighted by Gasteiger charge is 2.28. The summed E-state index contributed by atoms with van der Waals surface area (Å²) >= 11 is 0. The Bertz CT molecular complexity index is 670. The first-order valence-electron chi connectivity index (χ1n) is 7.99. The number of amides is 1. The molecule has 1 amide bonds. The average molecular weight is 317 g/mol. The molecule has 2 aromatic heterocycles. The van der Waals surface area contributed by atoms with Gasteiger partial charge in [0.15, 0.2) is 5.82 Å². The number of anilines is 1. The van der Waals surface area contributed by atoms with Crippen molar-refractivity contribution in [2.75, 3.05) is 18.4 Å². The number of aryl methyl sites for hydroxylation is 2. The molecular formula is C16H23N5O2. The molecule has 1 aliphatic rings. The van der Waals surface area contributed by atoms with Crippen molar-refractivity contribution in [3.05, 3.63) is 29.8 Å². The van der Waals surface area contributed by atoms with Gasteiger partial charge in [-0.25, -0.2) is 0 Å². The van der Waals surface area contributed by atoms with Crippen molar-refractivity contribution < 1.29 is 9.32 Å². The van der Waals surface area contributed by atoms with Crippen LogP contribution < -0.4 is 5.32 Å². The molecule has 7 nitrogen and oxygen atoms in total. The molecule has 3 rings (SSSR count). The zero-order valence-corrected chi connectivity index (χ0v) is 13.8. The number of hydrogen-bond donors (Lipinski definition) is 1. The van der Waals surface area contributed by atoms with E-state index in [9.17, 15) is 4.79 Å². The molecule has 0 saturated carbocycles. The number of rotatable bonds is 4. The van der Waals surface area contributed by atoms with Gasteiger partial charge in [0.1, 0.15) is 5.76 Å². The van der Waals surface area contributed by atoms with E-state index in [0.717, 1.165) is 25.9 Å². The van der Waals surface area contributed by atoms with Gasteiger partial charge < -0.3 is 9.84 Å². The molecule has 1 saturated heterocycles. The maximum absolute atomic E-state index is 12.3. The van der Waals surface area contributed by atoms with Crippen molar-refractivity contribution in [2.24, 2.45) is 7.05 Å². The van der Waals surface area contributed by atoms with Gasteiger partial charge in [0, 0.05) is 19.3 Å². The Labute approximate surface area is 135 Å². The Morgan fingerprint density at radius 1 is 1.43 bits per heavy atom. The molecule has 1 aliphatic heterocycles. The molecule has 0 aromatic carbocycles. The lowest BCUT2D eigenvalue weighted by molar-refractivity contribution is -0.121. The molecule has 3 heterocycles. The van der Waals surface area contributed by atoms with Crippen molar-refractivity contribution in [3.8, 4) is 0 Å². The van der Waals surface area contributed by atoms with Crippen LogP contribution in [-0.4, -0.2) is 44.9 Å². The lowest BCUT2D eigenvalue weighted by atomic mass is 9.91. The Kier molecular flexibility index (Phi) is 4.47. The van der Waals surface area contributed by atoms with Crippen LogP contribution in [0.1, 0.15) is 37.0 Å². The van der Waals surface area contributed by atoms with E-state index < -0.39 is 0 Å². The van der Waals surface area contributed by atoms with Gasteiger partial charge in [-0.05, 0) is 51.3 Å². The fourth-order valence-corrected chi connectivity index (χ4v) is 3.09. The summed E-state index contributed by atoms with van der Waals surface area (Å²) in [5.74, 6) is 1.65. The lowest BCUT2D eigenvalue weighted by Crippen LogP contribution is -2.45. The number of hydrogen-bond acceptors (Lipinski definition) is 5. The molecule has 23 heavy (non-hydrogen) atoms. The Hall–Kier alpha value is -2.15. The summed E-state index contributed by atoms with van der Waals surface area (Å²) in [6.45, 7) is 5.56. The van der Waals surface area contributed by atoms with Gasteiger partial charge in [0.2, 0.25) is 5.91 Å². The first-order chi connectivity index (χ1) is 11.0. The maximum atomic E-state index is 12.3. The largest absolute Gasteiger partial charge is 0.360 e. The smallest absolute Gasteiger partial charge is 0.242 e. The summed E-state index contributed by atoms with van der Waals surface area (Å²) in [5, 5.41) is 10.9. The molecule has 0 aliphatic carbocycles. The van der Waals surface area contributed by atoms with Crippen LogP contribution in [0.5, 0.6) is 0 Å². The monoisotopic (exact) mass is 317 g/mol. The van der Waals surface area contributed by atoms with Crippen LogP contribution >= 0.6 is 0 Å². The average Bonchev–Trinajstić information content (AvgIpc) is 3.15. The molecule has 1 atom stereocenters. The number of aromatic nitrogens is 3. The molecule has 2 aromatic rings. The summed E-state index contributed by atoms with van der Waals surface area (Å²) < 4.78 is 6.81. The third kappa shape index (κ3) is 3.61. The van der Waals surface area contributed by atoms with Crippen LogP contribution in [0.2, 0.25) is 0 Å². The van der Waals surface area contributed by atoms with Crippen LogP contribution in [0.4, 0.5) is 5.82 Å². The van der Waals surface area contributed by atoms with Crippen molar-refractivity contribution in [3.63, 3.8) is 0 Å². The number of piperidine rings is 1. The molecule has 0 bridgehead atoms. The summed E-state index contributed by atoms with van der Waals surface area (Å²) in [4.78, 5) is 14.5. The molecule has 0 radical (unpaired) electrons. The normalized spacial score (nSPS) is 18.0. The molecule has 124 valence electrons. The predicted octanol–water partition coefficient (Wildman–Crippen LogP) is 1.92. The van der Waals surface area contributed by atoms with Gasteiger partial charge >= 0.3 is 0 Å². The Morgan fingerprint density at radius 3 is 2.74 bits per heavy atom. The SMILES string of the molecule is Cc1cc(NC(=O)[C@@H](C)N2CCC(c3cnn(C)c3)CC2)no1. The zero-order chi connectivity index (χ0) is 16.4. The van der Waals surface area contributed by atoms with Crippen LogP contribution in [-0.2, 0) is 11.8 Å². The Morgan fingerprint density at radius 2 is 2.17 bits per heavy atom. The van der Waals surface area contributed by atoms with Crippen LogP contribution in [0, 0.1) is 6.92 Å². The minimum Gasteiger partial charge on any atom is -0.360 e. The minimum absolute atomic E-state index is 0.0434. The van der Waals surface area contributed by atoms with Gasteiger partial charge in [-0.15, -0.1) is 0 Å². The van der Waals surface area contributed by atoms with E-state index in [1.165, 1.54) is 5.56 Å². The van der Waals surface area contributed by atoms with Crippen molar-refractivity contribution in [2.45, 2.75) is 38.6 Å². The van der Waals surface area contributed by atoms with Crippen molar-refractivity contribution in [1.29, 1.82) is 0 Å². The number of nitrogens with zero attached hydrogens (tertiary/aromatic N) is 4. The van der Waals surface area contributed by atoms with Gasteiger partial charge in [-0.1, -0.05) is 5.16 Å². The van der Waals surface area contributed by atoms with Gasteiger partial charge in [-0.3, -0.25) is 14.4 Å². The molecule has 0 unspecified atom stereocenters. The standard InChI is InChI=1S/C16H23N5O2/c1-11-8-15(19-23-11)18-16(22)12(2)21-6-4-13(5-7-21)14-9-17-20(3)10-14/h8-10,12-13H,4-7H2,1-3H3,(H,18,19,22)/t12-/m1/s1. The van der Waals surface area contributed by atoms with E-state index in [-0.39, 0.29) is 11.9 Å². The predicted molar refractivity (Wildman–Crippen MR) is 86.1 cm³/mol. The van der Waals surface area contributed by atoms with E-state index in [1.54, 1.807) is 13.0 Å². The lowest BCUT2D eigenvalue weighted by Gasteiger charge is -2.34. The molecular weight excluding hydrogens is 294 g/mol. The minimum atomic E-state index is -0.179. The third-order valence-corrected chi connectivity index (χ3v) is 4.53. The van der Waals surface area contributed by atoms with Crippen molar-refractivity contribution in [1.82, 2.24) is 19.8 Å². The van der Waals surface area contributed by atoms with Gasteiger partial charge in [-0.2, -0.15) is 5.10 Å². The van der Waals surface area contributed by atoms with Crippen LogP contribution in [0.25, 0.3) is 0 Å². The molecule has 1 fully saturated rings. The van der Waals surface area contributed by atoms with Crippen molar-refractivity contribution >= 4 is 11.7 Å². The van der Waals surface area contributed by atoms with Crippen LogP contribution in [0.15, 0.2) is 23.0 Å². The summed E-state index contributed by atoms with van der Waals surface area (Å²) in [5.41, 5.74) is 1.29. The quantitative estimate of drug-likeness (QED) is 0.932. The van der Waals surface area contributed by atoms with E-state index in [2.05, 4.69) is 26.7 Å². The number of nitrogens with one attached hydrogen (secondary N) is 1. The third-order valence-electron chi connectivity index (χ3n) is 4.53. The summed E-state index contributed by atoms with van der Waals surface area (Å²) in [7, 11) is 1.94. The number of carbonyl (C=O) groups is 1. The number of likely N-dealkylation sites (tertiary alicyclic amines) is 1. The van der Waals surface area contributed by atoms with E-state index in [4.69, 9.17) is 4.52 Å². The first-order valence-corrected chi connectivity index (χ1v) is 7.99. The van der Waals surface area contributed by atoms with E-state index >= 15 is 0 Å². The molecule has 7 heteroatoms. The highest BCUT2D eigenvalue weighted by atomic mass is 16.5. The first kappa shape index (κ1) is 15.7. The highest BCUT2D eigenvalue weighted by Crippen LogP contribution is 2.28. The van der Waals surface area contributed by atoms with Gasteiger partial charge in [0.25, 0.3) is 0 Å². The summed E-state index contributed by atoms with van der Waals surface area (Å²) in [6, 6.07) is 1.54. The van der Waals surface area contributed by atoms with E-state index in [0.29, 0.717) is 17.5 Å². The molecule has 1 N–H and O–H groups in total. The number of carbonyl (C=O) groups excluding carboxylic acids is 1.